The lowest BCUT2D eigenvalue weighted by Gasteiger charge is -2.06. The Kier molecular flexibility index (Phi) is 5.36. The number of halogens is 1. The highest BCUT2D eigenvalue weighted by Gasteiger charge is 2.19. The topological polar surface area (TPSA) is 111 Å². The maximum atomic E-state index is 11.1. The third kappa shape index (κ3) is 4.10. The summed E-state index contributed by atoms with van der Waals surface area (Å²) in [6.07, 6.45) is 0. The lowest BCUT2D eigenvalue weighted by atomic mass is 10.1. The lowest BCUT2D eigenvalue weighted by molar-refractivity contribution is -0.393. The third-order valence-electron chi connectivity index (χ3n) is 2.93. The van der Waals surface area contributed by atoms with Gasteiger partial charge >= 0.3 is 5.69 Å². The first kappa shape index (κ1) is 16.6. The van der Waals surface area contributed by atoms with E-state index in [0.29, 0.717) is 11.0 Å². The molecule has 8 nitrogen and oxygen atoms in total. The van der Waals surface area contributed by atoms with Crippen molar-refractivity contribution < 1.29 is 9.85 Å². The summed E-state index contributed by atoms with van der Waals surface area (Å²) in [7, 11) is 0. The normalized spacial score (nSPS) is 11.1. The van der Waals surface area contributed by atoms with E-state index in [1.54, 1.807) is 0 Å². The molecule has 0 aliphatic rings. The van der Waals surface area contributed by atoms with E-state index < -0.39 is 15.5 Å². The van der Waals surface area contributed by atoms with Crippen molar-refractivity contribution in [2.24, 2.45) is 5.10 Å². The number of benzene rings is 2. The minimum Gasteiger partial charge on any atom is -0.271 e. The summed E-state index contributed by atoms with van der Waals surface area (Å²) in [6.45, 7) is 0. The van der Waals surface area contributed by atoms with Gasteiger partial charge in [-0.2, -0.15) is 5.10 Å². The molecule has 1 N–H and O–H groups in total. The first-order valence-electron chi connectivity index (χ1n) is 6.39. The summed E-state index contributed by atoms with van der Waals surface area (Å²) >= 11 is 3.31. The molecule has 23 heavy (non-hydrogen) atoms. The predicted octanol–water partition coefficient (Wildman–Crippen LogP) is 3.71. The summed E-state index contributed by atoms with van der Waals surface area (Å²) in [5.74, 6) is 0. The Morgan fingerprint density at radius 1 is 1.09 bits per heavy atom. The van der Waals surface area contributed by atoms with Crippen molar-refractivity contribution in [2.75, 3.05) is 10.8 Å². The van der Waals surface area contributed by atoms with Crippen molar-refractivity contribution in [2.45, 2.75) is 0 Å². The number of hydrazone groups is 1. The van der Waals surface area contributed by atoms with Crippen LogP contribution in [0.2, 0.25) is 0 Å². The van der Waals surface area contributed by atoms with Crippen molar-refractivity contribution in [1.29, 1.82) is 0 Å². The molecule has 0 fully saturated rings. The SMILES string of the molecule is O=[N+]([O-])c1ccc(N/N=C(\CBr)c2ccccc2)c([N+](=O)[O-])c1. The Hall–Kier alpha value is -2.81. The Bertz CT molecular complexity index is 765. The van der Waals surface area contributed by atoms with Gasteiger partial charge in [-0.25, -0.2) is 0 Å². The predicted molar refractivity (Wildman–Crippen MR) is 90.1 cm³/mol. The molecule has 0 amide bonds. The maximum absolute atomic E-state index is 11.1. The van der Waals surface area contributed by atoms with Gasteiger partial charge in [-0.05, 0) is 11.6 Å². The standard InChI is InChI=1S/C14H11BrN4O4/c15-9-13(10-4-2-1-3-5-10)17-16-12-7-6-11(18(20)21)8-14(12)19(22)23/h1-8,16H,9H2/b17-13+. The zero-order valence-electron chi connectivity index (χ0n) is 11.7. The van der Waals surface area contributed by atoms with Crippen molar-refractivity contribution in [1.82, 2.24) is 0 Å². The van der Waals surface area contributed by atoms with Crippen LogP contribution in [0.4, 0.5) is 17.1 Å². The average molecular weight is 379 g/mol. The number of nitro benzene ring substituents is 2. The van der Waals surface area contributed by atoms with E-state index in [1.165, 1.54) is 12.1 Å². The van der Waals surface area contributed by atoms with E-state index in [4.69, 9.17) is 0 Å². The molecule has 118 valence electrons. The fourth-order valence-corrected chi connectivity index (χ4v) is 2.26. The van der Waals surface area contributed by atoms with Gasteiger partial charge in [0, 0.05) is 11.4 Å². The lowest BCUT2D eigenvalue weighted by Crippen LogP contribution is -2.06. The molecule has 0 saturated carbocycles. The number of hydrogen-bond acceptors (Lipinski definition) is 6. The number of nitrogens with one attached hydrogen (secondary N) is 1. The summed E-state index contributed by atoms with van der Waals surface area (Å²) in [4.78, 5) is 20.4. The van der Waals surface area contributed by atoms with Gasteiger partial charge in [0.05, 0.1) is 21.6 Å². The number of nitro groups is 2. The summed E-state index contributed by atoms with van der Waals surface area (Å²) in [5.41, 5.74) is 3.40. The molecule has 9 heteroatoms. The third-order valence-corrected chi connectivity index (χ3v) is 3.46. The van der Waals surface area contributed by atoms with Gasteiger partial charge in [-0.1, -0.05) is 46.3 Å². The van der Waals surface area contributed by atoms with Gasteiger partial charge in [-0.15, -0.1) is 0 Å². The number of anilines is 1. The van der Waals surface area contributed by atoms with Crippen molar-refractivity contribution in [3.8, 4) is 0 Å². The molecule has 0 unspecified atom stereocenters. The highest BCUT2D eigenvalue weighted by molar-refractivity contribution is 9.09. The highest BCUT2D eigenvalue weighted by Crippen LogP contribution is 2.29. The molecule has 0 heterocycles. The van der Waals surface area contributed by atoms with Crippen LogP contribution >= 0.6 is 15.9 Å². The molecule has 0 aliphatic heterocycles. The largest absolute Gasteiger partial charge is 0.301 e. The van der Waals surface area contributed by atoms with Gasteiger partial charge in [-0.3, -0.25) is 25.7 Å². The molecular formula is C14H11BrN4O4. The molecule has 2 aromatic rings. The number of hydrogen-bond donors (Lipinski definition) is 1. The Morgan fingerprint density at radius 2 is 1.78 bits per heavy atom. The van der Waals surface area contributed by atoms with E-state index in [2.05, 4.69) is 26.5 Å². The molecule has 2 rings (SSSR count). The fourth-order valence-electron chi connectivity index (χ4n) is 1.81. The number of non-ortho nitro benzene ring substituents is 1. The van der Waals surface area contributed by atoms with Crippen LogP contribution in [0, 0.1) is 20.2 Å². The molecular weight excluding hydrogens is 368 g/mol. The zero-order chi connectivity index (χ0) is 16.8. The second kappa shape index (κ2) is 7.45. The van der Waals surface area contributed by atoms with E-state index >= 15 is 0 Å². The van der Waals surface area contributed by atoms with Gasteiger partial charge < -0.3 is 0 Å². The minimum absolute atomic E-state index is 0.0787. The summed E-state index contributed by atoms with van der Waals surface area (Å²) in [6, 6.07) is 12.6. The van der Waals surface area contributed by atoms with Gasteiger partial charge in [0.2, 0.25) is 0 Å². The van der Waals surface area contributed by atoms with Crippen molar-refractivity contribution >= 4 is 38.7 Å². The number of nitrogens with zero attached hydrogens (tertiary/aromatic N) is 3. The summed E-state index contributed by atoms with van der Waals surface area (Å²) < 4.78 is 0. The molecule has 0 spiro atoms. The van der Waals surface area contributed by atoms with Crippen molar-refractivity contribution in [3.63, 3.8) is 0 Å². The van der Waals surface area contributed by atoms with Gasteiger partial charge in [0.15, 0.2) is 0 Å². The van der Waals surface area contributed by atoms with Gasteiger partial charge in [0.1, 0.15) is 5.69 Å². The minimum atomic E-state index is -0.693. The number of alkyl halides is 1. The molecule has 0 atom stereocenters. The second-order valence-electron chi connectivity index (χ2n) is 4.39. The van der Waals surface area contributed by atoms with Crippen LogP contribution in [-0.2, 0) is 0 Å². The summed E-state index contributed by atoms with van der Waals surface area (Å²) in [5, 5.41) is 26.4. The van der Waals surface area contributed by atoms with Crippen LogP contribution in [0.3, 0.4) is 0 Å². The fraction of sp³-hybridized carbons (Fsp3) is 0.0714. The highest BCUT2D eigenvalue weighted by atomic mass is 79.9. The van der Waals surface area contributed by atoms with E-state index in [-0.39, 0.29) is 11.4 Å². The van der Waals surface area contributed by atoms with Crippen LogP contribution in [0.15, 0.2) is 53.6 Å². The quantitative estimate of drug-likeness (QED) is 0.356. The monoisotopic (exact) mass is 378 g/mol. The maximum Gasteiger partial charge on any atom is 0.301 e. The number of rotatable bonds is 6. The molecule has 2 aromatic carbocycles. The smallest absolute Gasteiger partial charge is 0.271 e. The molecule has 0 aromatic heterocycles. The Balaban J connectivity index is 2.33. The second-order valence-corrected chi connectivity index (χ2v) is 4.95. The molecule has 0 radical (unpaired) electrons. The molecule has 0 aliphatic carbocycles. The first-order chi connectivity index (χ1) is 11.0. The van der Waals surface area contributed by atoms with E-state index in [9.17, 15) is 20.2 Å². The van der Waals surface area contributed by atoms with Crippen LogP contribution < -0.4 is 5.43 Å². The molecule has 0 saturated heterocycles. The van der Waals surface area contributed by atoms with Crippen LogP contribution in [0.5, 0.6) is 0 Å². The first-order valence-corrected chi connectivity index (χ1v) is 7.52. The van der Waals surface area contributed by atoms with Crippen molar-refractivity contribution in [3.05, 3.63) is 74.3 Å². The van der Waals surface area contributed by atoms with Crippen LogP contribution in [-0.4, -0.2) is 20.9 Å². The van der Waals surface area contributed by atoms with Gasteiger partial charge in [0.25, 0.3) is 5.69 Å². The zero-order valence-corrected chi connectivity index (χ0v) is 13.3. The Labute approximate surface area is 139 Å². The van der Waals surface area contributed by atoms with E-state index in [0.717, 1.165) is 11.6 Å². The van der Waals surface area contributed by atoms with Crippen LogP contribution in [0.25, 0.3) is 0 Å². The Morgan fingerprint density at radius 3 is 2.35 bits per heavy atom. The average Bonchev–Trinajstić information content (AvgIpc) is 2.56. The van der Waals surface area contributed by atoms with E-state index in [1.807, 2.05) is 30.3 Å². The molecule has 0 bridgehead atoms. The van der Waals surface area contributed by atoms with Crippen LogP contribution in [0.1, 0.15) is 5.56 Å².